The Morgan fingerprint density at radius 3 is 2.72 bits per heavy atom. The zero-order valence-electron chi connectivity index (χ0n) is 20.1. The van der Waals surface area contributed by atoms with Crippen molar-refractivity contribution in [2.45, 2.75) is 45.6 Å². The second-order valence-electron chi connectivity index (χ2n) is 8.98. The number of hydrogen-bond donors (Lipinski definition) is 3. The van der Waals surface area contributed by atoms with Crippen LogP contribution in [-0.2, 0) is 20.8 Å². The lowest BCUT2D eigenvalue weighted by Gasteiger charge is -2.24. The molecule has 1 unspecified atom stereocenters. The number of thiazole rings is 1. The highest BCUT2D eigenvalue weighted by atomic mass is 35.5. The van der Waals surface area contributed by atoms with Gasteiger partial charge in [-0.15, -0.1) is 11.3 Å². The minimum absolute atomic E-state index is 0.0107. The van der Waals surface area contributed by atoms with Gasteiger partial charge < -0.3 is 20.9 Å². The number of aromatic nitrogens is 1. The number of benzene rings is 1. The van der Waals surface area contributed by atoms with Crippen LogP contribution in [0.1, 0.15) is 49.2 Å². The van der Waals surface area contributed by atoms with E-state index in [1.54, 1.807) is 11.4 Å². The molecule has 1 atom stereocenters. The highest BCUT2D eigenvalue weighted by Crippen LogP contribution is 2.23. The van der Waals surface area contributed by atoms with E-state index in [0.29, 0.717) is 35.4 Å². The van der Waals surface area contributed by atoms with Gasteiger partial charge in [0.2, 0.25) is 17.7 Å². The molecule has 4 amide bonds. The summed E-state index contributed by atoms with van der Waals surface area (Å²) in [6.07, 6.45) is 2.34. The van der Waals surface area contributed by atoms with Gasteiger partial charge >= 0.3 is 0 Å². The van der Waals surface area contributed by atoms with Crippen molar-refractivity contribution in [2.24, 2.45) is 5.92 Å². The Kier molecular flexibility index (Phi) is 10.1. The number of halogens is 2. The van der Waals surface area contributed by atoms with E-state index in [4.69, 9.17) is 23.2 Å². The molecule has 0 bridgehead atoms. The first-order chi connectivity index (χ1) is 17.1. The summed E-state index contributed by atoms with van der Waals surface area (Å²) in [7, 11) is 0. The molecular formula is C24H29Cl2N5O4S. The molecule has 12 heteroatoms. The average molecular weight is 555 g/mol. The molecule has 36 heavy (non-hydrogen) atoms. The van der Waals surface area contributed by atoms with Gasteiger partial charge in [0.05, 0.1) is 22.7 Å². The van der Waals surface area contributed by atoms with Gasteiger partial charge in [-0.25, -0.2) is 4.98 Å². The van der Waals surface area contributed by atoms with Crippen LogP contribution in [0.4, 0.5) is 5.13 Å². The zero-order valence-corrected chi connectivity index (χ0v) is 22.4. The van der Waals surface area contributed by atoms with E-state index < -0.39 is 11.9 Å². The molecule has 3 rings (SSSR count). The van der Waals surface area contributed by atoms with Crippen molar-refractivity contribution in [1.29, 1.82) is 0 Å². The number of hydrogen-bond acceptors (Lipinski definition) is 6. The first kappa shape index (κ1) is 27.9. The minimum Gasteiger partial charge on any atom is -0.354 e. The highest BCUT2D eigenvalue weighted by molar-refractivity contribution is 7.13. The number of amides is 4. The molecule has 1 aliphatic heterocycles. The molecule has 3 N–H and O–H groups in total. The van der Waals surface area contributed by atoms with Crippen LogP contribution in [0.5, 0.6) is 0 Å². The van der Waals surface area contributed by atoms with E-state index in [2.05, 4.69) is 20.9 Å². The second kappa shape index (κ2) is 13.0. The quantitative estimate of drug-likeness (QED) is 0.438. The Morgan fingerprint density at radius 2 is 2.00 bits per heavy atom. The summed E-state index contributed by atoms with van der Waals surface area (Å²) in [5.74, 6) is -1.16. The topological polar surface area (TPSA) is 120 Å². The van der Waals surface area contributed by atoms with Crippen LogP contribution in [0.2, 0.25) is 10.0 Å². The van der Waals surface area contributed by atoms with Crippen molar-refractivity contribution >= 4 is 63.3 Å². The summed E-state index contributed by atoms with van der Waals surface area (Å²) in [5, 5.41) is 10.8. The number of nitrogens with one attached hydrogen (secondary N) is 3. The molecule has 0 aliphatic carbocycles. The van der Waals surface area contributed by atoms with Crippen LogP contribution < -0.4 is 16.0 Å². The van der Waals surface area contributed by atoms with E-state index in [1.807, 2.05) is 13.8 Å². The molecular weight excluding hydrogens is 525 g/mol. The normalized spacial score (nSPS) is 15.7. The molecule has 1 aromatic carbocycles. The summed E-state index contributed by atoms with van der Waals surface area (Å²) < 4.78 is 0. The van der Waals surface area contributed by atoms with Crippen molar-refractivity contribution in [3.8, 4) is 0 Å². The van der Waals surface area contributed by atoms with Crippen molar-refractivity contribution in [3.05, 3.63) is 44.9 Å². The molecule has 0 radical (unpaired) electrons. The number of nitrogens with zero attached hydrogens (tertiary/aromatic N) is 2. The third-order valence-electron chi connectivity index (χ3n) is 5.38. The van der Waals surface area contributed by atoms with Gasteiger partial charge in [0.25, 0.3) is 5.91 Å². The van der Waals surface area contributed by atoms with Gasteiger partial charge in [-0.05, 0) is 43.4 Å². The zero-order chi connectivity index (χ0) is 26.2. The number of rotatable bonds is 9. The summed E-state index contributed by atoms with van der Waals surface area (Å²) in [4.78, 5) is 55.9. The van der Waals surface area contributed by atoms with E-state index >= 15 is 0 Å². The van der Waals surface area contributed by atoms with Gasteiger partial charge in [-0.1, -0.05) is 37.0 Å². The van der Waals surface area contributed by atoms with E-state index in [1.165, 1.54) is 28.4 Å². The second-order valence-corrected chi connectivity index (χ2v) is 10.7. The smallest absolute Gasteiger partial charge is 0.255 e. The molecule has 194 valence electrons. The fourth-order valence-corrected chi connectivity index (χ4v) is 4.97. The van der Waals surface area contributed by atoms with Crippen molar-refractivity contribution in [3.63, 3.8) is 0 Å². The lowest BCUT2D eigenvalue weighted by atomic mass is 10.1. The minimum atomic E-state index is -0.545. The van der Waals surface area contributed by atoms with Crippen LogP contribution in [0.3, 0.4) is 0 Å². The molecule has 0 saturated carbocycles. The lowest BCUT2D eigenvalue weighted by molar-refractivity contribution is -0.128. The maximum Gasteiger partial charge on any atom is 0.255 e. The van der Waals surface area contributed by atoms with E-state index in [9.17, 15) is 19.2 Å². The standard InChI is InChI=1S/C24H29Cl2N5O4S/c1-14(2)11-31(23(35)17-7-6-15(25)9-18(17)26)12-21(33)30-24-28-16(13-36-24)10-20(32)29-19-5-3-4-8-27-22(19)34/h6-7,9,13-14,19H,3-5,8,10-12H2,1-2H3,(H,27,34)(H,29,32)(H,28,30,33). The molecule has 9 nitrogen and oxygen atoms in total. The number of carbonyl (C=O) groups is 4. The summed E-state index contributed by atoms with van der Waals surface area (Å²) >= 11 is 13.3. The molecule has 1 saturated heterocycles. The molecule has 0 spiro atoms. The van der Waals surface area contributed by atoms with E-state index in [-0.39, 0.29) is 47.2 Å². The Balaban J connectivity index is 1.58. The SMILES string of the molecule is CC(C)CN(CC(=O)Nc1nc(CC(=O)NC2CCCCNC2=O)cs1)C(=O)c1ccc(Cl)cc1Cl. The van der Waals surface area contributed by atoms with Gasteiger partial charge in [0.15, 0.2) is 5.13 Å². The molecule has 1 fully saturated rings. The summed E-state index contributed by atoms with van der Waals surface area (Å²) in [6.45, 7) is 4.66. The average Bonchev–Trinajstić information content (AvgIpc) is 3.12. The van der Waals surface area contributed by atoms with Crippen LogP contribution in [-0.4, -0.2) is 59.2 Å². The van der Waals surface area contributed by atoms with Crippen LogP contribution >= 0.6 is 34.5 Å². The fraction of sp³-hybridized carbons (Fsp3) is 0.458. The van der Waals surface area contributed by atoms with Crippen LogP contribution in [0.15, 0.2) is 23.6 Å². The monoisotopic (exact) mass is 553 g/mol. The largest absolute Gasteiger partial charge is 0.354 e. The first-order valence-electron chi connectivity index (χ1n) is 11.7. The van der Waals surface area contributed by atoms with Crippen molar-refractivity contribution in [2.75, 3.05) is 25.0 Å². The molecule has 2 aromatic rings. The van der Waals surface area contributed by atoms with Crippen LogP contribution in [0.25, 0.3) is 0 Å². The van der Waals surface area contributed by atoms with Crippen molar-refractivity contribution in [1.82, 2.24) is 20.5 Å². The van der Waals surface area contributed by atoms with Gasteiger partial charge in [-0.3, -0.25) is 19.2 Å². The fourth-order valence-electron chi connectivity index (χ4n) is 3.76. The predicted molar refractivity (Wildman–Crippen MR) is 140 cm³/mol. The summed E-state index contributed by atoms with van der Waals surface area (Å²) in [6, 6.07) is 4.05. The van der Waals surface area contributed by atoms with Gasteiger partial charge in [-0.2, -0.15) is 0 Å². The maximum atomic E-state index is 13.1. The Labute approximate surface area is 223 Å². The maximum absolute atomic E-state index is 13.1. The highest BCUT2D eigenvalue weighted by Gasteiger charge is 2.24. The third-order valence-corrected chi connectivity index (χ3v) is 6.73. The Hall–Kier alpha value is -2.69. The Bertz CT molecular complexity index is 1120. The Morgan fingerprint density at radius 1 is 1.22 bits per heavy atom. The molecule has 1 aliphatic rings. The predicted octanol–water partition coefficient (Wildman–Crippen LogP) is 3.51. The number of anilines is 1. The molecule has 1 aromatic heterocycles. The summed E-state index contributed by atoms with van der Waals surface area (Å²) in [5.41, 5.74) is 0.740. The third kappa shape index (κ3) is 8.18. The van der Waals surface area contributed by atoms with Gasteiger partial charge in [0.1, 0.15) is 12.6 Å². The molecule has 2 heterocycles. The lowest BCUT2D eigenvalue weighted by Crippen LogP contribution is -2.46. The number of carbonyl (C=O) groups excluding carboxylic acids is 4. The first-order valence-corrected chi connectivity index (χ1v) is 13.3. The van der Waals surface area contributed by atoms with Gasteiger partial charge in [0, 0.05) is 23.5 Å². The van der Waals surface area contributed by atoms with Crippen LogP contribution in [0, 0.1) is 5.92 Å². The van der Waals surface area contributed by atoms with E-state index in [0.717, 1.165) is 12.8 Å². The van der Waals surface area contributed by atoms with Crippen molar-refractivity contribution < 1.29 is 19.2 Å².